The highest BCUT2D eigenvalue weighted by Gasteiger charge is 2.19. The van der Waals surface area contributed by atoms with Crippen molar-refractivity contribution in [1.82, 2.24) is 4.72 Å². The molecule has 7 heteroatoms. The quantitative estimate of drug-likeness (QED) is 0.712. The van der Waals surface area contributed by atoms with E-state index in [0.717, 1.165) is 0 Å². The first-order valence-corrected chi connectivity index (χ1v) is 7.10. The molecule has 0 bridgehead atoms. The van der Waals surface area contributed by atoms with Crippen LogP contribution in [0.2, 0.25) is 0 Å². The Morgan fingerprint density at radius 3 is 2.58 bits per heavy atom. The summed E-state index contributed by atoms with van der Waals surface area (Å²) >= 11 is 0. The van der Waals surface area contributed by atoms with Gasteiger partial charge in [0.2, 0.25) is 10.0 Å². The van der Waals surface area contributed by atoms with Gasteiger partial charge in [0.25, 0.3) is 0 Å². The largest absolute Gasteiger partial charge is 0.497 e. The molecule has 3 N–H and O–H groups in total. The number of nitrogens with two attached hydrogens (primary N) is 1. The van der Waals surface area contributed by atoms with E-state index in [2.05, 4.69) is 4.72 Å². The lowest BCUT2D eigenvalue weighted by Crippen LogP contribution is -2.24. The topological polar surface area (TPSA) is 90.6 Å². The summed E-state index contributed by atoms with van der Waals surface area (Å²) in [7, 11) is -0.783. The van der Waals surface area contributed by atoms with Crippen molar-refractivity contribution in [2.45, 2.75) is 4.90 Å². The predicted octanol–water partition coefficient (Wildman–Crippen LogP) is 0.497. The molecule has 1 rings (SSSR count). The third-order valence-electron chi connectivity index (χ3n) is 2.35. The fourth-order valence-electron chi connectivity index (χ4n) is 1.41. The molecule has 0 heterocycles. The molecule has 0 fully saturated rings. The molecule has 0 atom stereocenters. The van der Waals surface area contributed by atoms with E-state index in [0.29, 0.717) is 12.3 Å². The zero-order valence-corrected chi connectivity index (χ0v) is 11.7. The van der Waals surface area contributed by atoms with Crippen molar-refractivity contribution in [2.75, 3.05) is 27.3 Å². The fourth-order valence-corrected chi connectivity index (χ4v) is 2.57. The van der Waals surface area contributed by atoms with Crippen molar-refractivity contribution in [2.24, 2.45) is 5.73 Å². The molecule has 0 radical (unpaired) electrons. The van der Waals surface area contributed by atoms with Crippen LogP contribution in [0.3, 0.4) is 0 Å². The van der Waals surface area contributed by atoms with Crippen LogP contribution in [0.1, 0.15) is 0 Å². The van der Waals surface area contributed by atoms with Gasteiger partial charge < -0.3 is 15.2 Å². The third-order valence-corrected chi connectivity index (χ3v) is 3.80. The average Bonchev–Trinajstić information content (AvgIpc) is 2.43. The first-order valence-electron chi connectivity index (χ1n) is 5.62. The van der Waals surface area contributed by atoms with Gasteiger partial charge in [0.05, 0.1) is 14.2 Å². The Kier molecular flexibility index (Phi) is 5.81. The lowest BCUT2D eigenvalue weighted by molar-refractivity contribution is 0.392. The third kappa shape index (κ3) is 4.23. The Morgan fingerprint density at radius 2 is 2.00 bits per heavy atom. The number of sulfonamides is 1. The lowest BCUT2D eigenvalue weighted by atomic mass is 10.3. The second kappa shape index (κ2) is 7.13. The summed E-state index contributed by atoms with van der Waals surface area (Å²) in [6.45, 7) is 0.532. The zero-order chi connectivity index (χ0) is 14.3. The van der Waals surface area contributed by atoms with Crippen LogP contribution < -0.4 is 19.9 Å². The van der Waals surface area contributed by atoms with Crippen LogP contribution in [0.15, 0.2) is 35.2 Å². The summed E-state index contributed by atoms with van der Waals surface area (Å²) in [5.74, 6) is 0.703. The van der Waals surface area contributed by atoms with Gasteiger partial charge in [-0.05, 0) is 12.1 Å². The van der Waals surface area contributed by atoms with Gasteiger partial charge in [0.1, 0.15) is 16.4 Å². The zero-order valence-electron chi connectivity index (χ0n) is 10.9. The van der Waals surface area contributed by atoms with Crippen molar-refractivity contribution >= 4 is 10.0 Å². The van der Waals surface area contributed by atoms with Gasteiger partial charge in [-0.1, -0.05) is 12.2 Å². The Hall–Kier alpha value is -1.57. The van der Waals surface area contributed by atoms with E-state index in [-0.39, 0.29) is 17.2 Å². The normalized spacial score (nSPS) is 11.7. The first kappa shape index (κ1) is 15.5. The maximum Gasteiger partial charge on any atom is 0.244 e. The summed E-state index contributed by atoms with van der Waals surface area (Å²) in [5.41, 5.74) is 5.27. The number of methoxy groups -OCH3 is 2. The number of hydrogen-bond donors (Lipinski definition) is 2. The van der Waals surface area contributed by atoms with Crippen molar-refractivity contribution in [3.05, 3.63) is 30.4 Å². The number of nitrogens with one attached hydrogen (secondary N) is 1. The molecule has 0 aliphatic heterocycles. The molecule has 0 aliphatic rings. The van der Waals surface area contributed by atoms with E-state index in [1.54, 1.807) is 24.3 Å². The molecule has 1 aromatic rings. The molecular weight excluding hydrogens is 268 g/mol. The van der Waals surface area contributed by atoms with Gasteiger partial charge in [-0.2, -0.15) is 0 Å². The number of benzene rings is 1. The van der Waals surface area contributed by atoms with E-state index in [4.69, 9.17) is 15.2 Å². The van der Waals surface area contributed by atoms with Crippen LogP contribution in [-0.2, 0) is 10.0 Å². The van der Waals surface area contributed by atoms with Crippen LogP contribution in [-0.4, -0.2) is 35.7 Å². The van der Waals surface area contributed by atoms with Crippen molar-refractivity contribution in [1.29, 1.82) is 0 Å². The van der Waals surface area contributed by atoms with Gasteiger partial charge >= 0.3 is 0 Å². The van der Waals surface area contributed by atoms with E-state index in [1.807, 2.05) is 0 Å². The molecule has 19 heavy (non-hydrogen) atoms. The molecular formula is C12H18N2O4S. The molecule has 106 valence electrons. The minimum atomic E-state index is -3.66. The van der Waals surface area contributed by atoms with Crippen molar-refractivity contribution in [3.63, 3.8) is 0 Å². The molecule has 1 aromatic carbocycles. The van der Waals surface area contributed by atoms with Crippen LogP contribution in [0, 0.1) is 0 Å². The summed E-state index contributed by atoms with van der Waals surface area (Å²) in [6.07, 6.45) is 3.32. The summed E-state index contributed by atoms with van der Waals surface area (Å²) in [4.78, 5) is 0.0375. The molecule has 0 aromatic heterocycles. The summed E-state index contributed by atoms with van der Waals surface area (Å²) < 4.78 is 36.8. The van der Waals surface area contributed by atoms with E-state index < -0.39 is 10.0 Å². The maximum atomic E-state index is 12.1. The summed E-state index contributed by atoms with van der Waals surface area (Å²) in [5, 5.41) is 0. The Labute approximate surface area is 113 Å². The van der Waals surface area contributed by atoms with Gasteiger partial charge in [-0.3, -0.25) is 0 Å². The highest BCUT2D eigenvalue weighted by molar-refractivity contribution is 7.89. The number of rotatable bonds is 7. The van der Waals surface area contributed by atoms with Crippen LogP contribution in [0.5, 0.6) is 11.5 Å². The Morgan fingerprint density at radius 1 is 1.26 bits per heavy atom. The second-order valence-electron chi connectivity index (χ2n) is 3.58. The molecule has 0 amide bonds. The second-order valence-corrected chi connectivity index (χ2v) is 5.31. The standard InChI is InChI=1S/C12H18N2O4S/c1-17-10-5-6-11(18-2)12(9-10)19(15,16)14-8-4-3-7-13/h3-6,9,14H,7-8,13H2,1-2H3/b4-3+. The van der Waals surface area contributed by atoms with Gasteiger partial charge in [0.15, 0.2) is 0 Å². The predicted molar refractivity (Wildman–Crippen MR) is 72.9 cm³/mol. The van der Waals surface area contributed by atoms with Crippen molar-refractivity contribution < 1.29 is 17.9 Å². The molecule has 6 nitrogen and oxygen atoms in total. The van der Waals surface area contributed by atoms with E-state index in [9.17, 15) is 8.42 Å². The monoisotopic (exact) mass is 286 g/mol. The van der Waals surface area contributed by atoms with Crippen LogP contribution in [0.4, 0.5) is 0 Å². The molecule has 0 aliphatic carbocycles. The van der Waals surface area contributed by atoms with Crippen LogP contribution >= 0.6 is 0 Å². The molecule has 0 unspecified atom stereocenters. The van der Waals surface area contributed by atoms with Crippen molar-refractivity contribution in [3.8, 4) is 11.5 Å². The molecule has 0 saturated heterocycles. The smallest absolute Gasteiger partial charge is 0.244 e. The van der Waals surface area contributed by atoms with Crippen LogP contribution in [0.25, 0.3) is 0 Å². The van der Waals surface area contributed by atoms with Gasteiger partial charge in [-0.15, -0.1) is 0 Å². The SMILES string of the molecule is COc1ccc(OC)c(S(=O)(=O)NC/C=C/CN)c1. The summed E-state index contributed by atoms with van der Waals surface area (Å²) in [6, 6.07) is 4.59. The molecule has 0 spiro atoms. The first-order chi connectivity index (χ1) is 9.05. The Balaban J connectivity index is 3.01. The van der Waals surface area contributed by atoms with Gasteiger partial charge in [0, 0.05) is 19.2 Å². The number of ether oxygens (including phenoxy) is 2. The maximum absolute atomic E-state index is 12.1. The number of hydrogen-bond acceptors (Lipinski definition) is 5. The highest BCUT2D eigenvalue weighted by atomic mass is 32.2. The van der Waals surface area contributed by atoms with Gasteiger partial charge in [-0.25, -0.2) is 13.1 Å². The lowest BCUT2D eigenvalue weighted by Gasteiger charge is -2.11. The van der Waals surface area contributed by atoms with E-state index >= 15 is 0 Å². The van der Waals surface area contributed by atoms with E-state index in [1.165, 1.54) is 20.3 Å². The molecule has 0 saturated carbocycles. The average molecular weight is 286 g/mol. The highest BCUT2D eigenvalue weighted by Crippen LogP contribution is 2.27. The minimum absolute atomic E-state index is 0.0375. The Bertz CT molecular complexity index is 541. The minimum Gasteiger partial charge on any atom is -0.497 e. The fraction of sp³-hybridized carbons (Fsp3) is 0.333.